The lowest BCUT2D eigenvalue weighted by Crippen LogP contribution is -2.31. The molecule has 1 aliphatic heterocycles. The van der Waals surface area contributed by atoms with Crippen LogP contribution in [-0.2, 0) is 13.0 Å². The molecule has 0 bridgehead atoms. The quantitative estimate of drug-likeness (QED) is 0.363. The third-order valence-corrected chi connectivity index (χ3v) is 6.16. The Morgan fingerprint density at radius 1 is 0.879 bits per heavy atom. The van der Waals surface area contributed by atoms with E-state index in [0.29, 0.717) is 22.5 Å². The zero-order chi connectivity index (χ0) is 22.9. The Morgan fingerprint density at radius 3 is 2.30 bits per heavy atom. The molecular weight excluding hydrogens is 459 g/mol. The van der Waals surface area contributed by atoms with Gasteiger partial charge < -0.3 is 19.7 Å². The fraction of sp³-hybridized carbons (Fsp3) is 0.200. The molecule has 0 amide bonds. The highest BCUT2D eigenvalue weighted by atomic mass is 35.5. The van der Waals surface area contributed by atoms with Crippen LogP contribution in [0.2, 0.25) is 10.0 Å². The molecule has 5 rings (SSSR count). The van der Waals surface area contributed by atoms with E-state index in [2.05, 4.69) is 28.4 Å². The highest BCUT2D eigenvalue weighted by molar-refractivity contribution is 6.35. The molecule has 0 unspecified atom stereocenters. The summed E-state index contributed by atoms with van der Waals surface area (Å²) in [5.74, 6) is 2.84. The standard InChI is InChI=1S/C25H22Cl2N4O2/c1-32-22-9-15-7-8-31(14-16(15)10-23(22)33-2)24-20-5-3-4-6-21(20)29-25(30-24)28-19-12-17(26)11-18(27)13-19/h3-6,9-13H,7-8,14H2,1-2H3,(H,28,29,30). The van der Waals surface area contributed by atoms with Gasteiger partial charge in [0, 0.05) is 34.2 Å². The van der Waals surface area contributed by atoms with Gasteiger partial charge in [-0.3, -0.25) is 0 Å². The Balaban J connectivity index is 1.54. The molecule has 1 aliphatic rings. The molecule has 0 aliphatic carbocycles. The molecule has 0 fully saturated rings. The van der Waals surface area contributed by atoms with Crippen LogP contribution in [0.3, 0.4) is 0 Å². The lowest BCUT2D eigenvalue weighted by atomic mass is 9.98. The SMILES string of the molecule is COc1cc2c(cc1OC)CN(c1nc(Nc3cc(Cl)cc(Cl)c3)nc3ccccc13)CC2. The average Bonchev–Trinajstić information content (AvgIpc) is 2.81. The maximum Gasteiger partial charge on any atom is 0.229 e. The Bertz CT molecular complexity index is 1330. The number of rotatable bonds is 5. The molecule has 6 nitrogen and oxygen atoms in total. The number of nitrogens with zero attached hydrogens (tertiary/aromatic N) is 3. The molecule has 4 aromatic rings. The maximum absolute atomic E-state index is 6.17. The van der Waals surface area contributed by atoms with E-state index in [1.807, 2.05) is 18.2 Å². The van der Waals surface area contributed by atoms with E-state index >= 15 is 0 Å². The van der Waals surface area contributed by atoms with Gasteiger partial charge in [-0.25, -0.2) is 4.98 Å². The van der Waals surface area contributed by atoms with Crippen molar-refractivity contribution in [3.8, 4) is 11.5 Å². The van der Waals surface area contributed by atoms with Crippen LogP contribution in [0.25, 0.3) is 10.9 Å². The molecule has 2 heterocycles. The number of halogens is 2. The first-order chi connectivity index (χ1) is 16.0. The van der Waals surface area contributed by atoms with Crippen molar-refractivity contribution in [1.82, 2.24) is 9.97 Å². The molecule has 33 heavy (non-hydrogen) atoms. The number of hydrogen-bond donors (Lipinski definition) is 1. The van der Waals surface area contributed by atoms with E-state index in [-0.39, 0.29) is 0 Å². The highest BCUT2D eigenvalue weighted by Crippen LogP contribution is 2.36. The smallest absolute Gasteiger partial charge is 0.229 e. The van der Waals surface area contributed by atoms with Crippen LogP contribution >= 0.6 is 23.2 Å². The molecule has 8 heteroatoms. The van der Waals surface area contributed by atoms with E-state index in [1.54, 1.807) is 32.4 Å². The van der Waals surface area contributed by atoms with Gasteiger partial charge in [0.25, 0.3) is 0 Å². The van der Waals surface area contributed by atoms with Gasteiger partial charge in [-0.2, -0.15) is 4.98 Å². The van der Waals surface area contributed by atoms with Crippen LogP contribution in [0.5, 0.6) is 11.5 Å². The van der Waals surface area contributed by atoms with Crippen molar-refractivity contribution in [2.45, 2.75) is 13.0 Å². The van der Waals surface area contributed by atoms with Crippen molar-refractivity contribution in [3.63, 3.8) is 0 Å². The Kier molecular flexibility index (Phi) is 5.87. The highest BCUT2D eigenvalue weighted by Gasteiger charge is 2.23. The lowest BCUT2D eigenvalue weighted by Gasteiger charge is -2.31. The number of aromatic nitrogens is 2. The van der Waals surface area contributed by atoms with Crippen molar-refractivity contribution >= 4 is 51.6 Å². The van der Waals surface area contributed by atoms with Gasteiger partial charge in [-0.15, -0.1) is 0 Å². The molecule has 0 spiro atoms. The number of hydrogen-bond acceptors (Lipinski definition) is 6. The predicted octanol–water partition coefficient (Wildman–Crippen LogP) is 6.26. The number of benzene rings is 3. The number of fused-ring (bicyclic) bond motifs is 2. The van der Waals surface area contributed by atoms with E-state index in [0.717, 1.165) is 46.9 Å². The summed E-state index contributed by atoms with van der Waals surface area (Å²) < 4.78 is 11.0. The second kappa shape index (κ2) is 8.96. The van der Waals surface area contributed by atoms with Gasteiger partial charge in [0.15, 0.2) is 11.5 Å². The molecule has 3 aromatic carbocycles. The van der Waals surface area contributed by atoms with Crippen LogP contribution in [0.4, 0.5) is 17.5 Å². The third-order valence-electron chi connectivity index (χ3n) is 5.72. The zero-order valence-corrected chi connectivity index (χ0v) is 19.7. The Labute approximate surface area is 202 Å². The lowest BCUT2D eigenvalue weighted by molar-refractivity contribution is 0.353. The van der Waals surface area contributed by atoms with Gasteiger partial charge in [0.2, 0.25) is 5.95 Å². The molecule has 0 saturated carbocycles. The summed E-state index contributed by atoms with van der Waals surface area (Å²) in [6, 6.07) is 17.4. The molecule has 0 atom stereocenters. The fourth-order valence-corrected chi connectivity index (χ4v) is 4.70. The minimum absolute atomic E-state index is 0.486. The summed E-state index contributed by atoms with van der Waals surface area (Å²) >= 11 is 12.3. The van der Waals surface area contributed by atoms with Gasteiger partial charge in [-0.05, 0) is 60.0 Å². The van der Waals surface area contributed by atoms with Gasteiger partial charge in [0.05, 0.1) is 19.7 Å². The maximum atomic E-state index is 6.17. The van der Waals surface area contributed by atoms with Crippen LogP contribution in [-0.4, -0.2) is 30.7 Å². The van der Waals surface area contributed by atoms with Crippen LogP contribution < -0.4 is 19.7 Å². The normalized spacial score (nSPS) is 13.0. The average molecular weight is 481 g/mol. The van der Waals surface area contributed by atoms with Crippen LogP contribution in [0.1, 0.15) is 11.1 Å². The van der Waals surface area contributed by atoms with Crippen LogP contribution in [0.15, 0.2) is 54.6 Å². The topological polar surface area (TPSA) is 59.5 Å². The van der Waals surface area contributed by atoms with Crippen molar-refractivity contribution in [3.05, 3.63) is 75.8 Å². The molecule has 0 radical (unpaired) electrons. The minimum Gasteiger partial charge on any atom is -0.493 e. The predicted molar refractivity (Wildman–Crippen MR) is 134 cm³/mol. The van der Waals surface area contributed by atoms with Crippen molar-refractivity contribution in [2.75, 3.05) is 31.0 Å². The third kappa shape index (κ3) is 4.36. The van der Waals surface area contributed by atoms with E-state index in [1.165, 1.54) is 11.1 Å². The summed E-state index contributed by atoms with van der Waals surface area (Å²) in [5.41, 5.74) is 4.04. The molecule has 1 N–H and O–H groups in total. The van der Waals surface area contributed by atoms with E-state index < -0.39 is 0 Å². The zero-order valence-electron chi connectivity index (χ0n) is 18.2. The first-order valence-electron chi connectivity index (χ1n) is 10.5. The summed E-state index contributed by atoms with van der Waals surface area (Å²) in [7, 11) is 3.32. The number of methoxy groups -OCH3 is 2. The number of ether oxygens (including phenoxy) is 2. The monoisotopic (exact) mass is 480 g/mol. The second-order valence-electron chi connectivity index (χ2n) is 7.82. The molecular formula is C25H22Cl2N4O2. The molecule has 1 aromatic heterocycles. The summed E-state index contributed by atoms with van der Waals surface area (Å²) in [4.78, 5) is 11.9. The first-order valence-corrected chi connectivity index (χ1v) is 11.3. The van der Waals surface area contributed by atoms with E-state index in [9.17, 15) is 0 Å². The number of anilines is 3. The number of para-hydroxylation sites is 1. The van der Waals surface area contributed by atoms with Crippen LogP contribution in [0, 0.1) is 0 Å². The summed E-state index contributed by atoms with van der Waals surface area (Å²) in [5, 5.41) is 5.34. The van der Waals surface area contributed by atoms with E-state index in [4.69, 9.17) is 42.6 Å². The van der Waals surface area contributed by atoms with Crippen molar-refractivity contribution in [1.29, 1.82) is 0 Å². The fourth-order valence-electron chi connectivity index (χ4n) is 4.18. The minimum atomic E-state index is 0.486. The van der Waals surface area contributed by atoms with Gasteiger partial charge in [0.1, 0.15) is 5.82 Å². The summed E-state index contributed by atoms with van der Waals surface area (Å²) in [6.07, 6.45) is 0.876. The van der Waals surface area contributed by atoms with Crippen molar-refractivity contribution < 1.29 is 9.47 Å². The first kappa shape index (κ1) is 21.6. The summed E-state index contributed by atoms with van der Waals surface area (Å²) in [6.45, 7) is 1.53. The Hall–Kier alpha value is -3.22. The number of nitrogens with one attached hydrogen (secondary N) is 1. The largest absolute Gasteiger partial charge is 0.493 e. The van der Waals surface area contributed by atoms with Crippen molar-refractivity contribution in [2.24, 2.45) is 0 Å². The Morgan fingerprint density at radius 2 is 1.58 bits per heavy atom. The van der Waals surface area contributed by atoms with Gasteiger partial charge >= 0.3 is 0 Å². The molecule has 168 valence electrons. The second-order valence-corrected chi connectivity index (χ2v) is 8.69. The van der Waals surface area contributed by atoms with Gasteiger partial charge in [-0.1, -0.05) is 35.3 Å². The molecule has 0 saturated heterocycles.